The minimum Gasteiger partial charge on any atom is -0.496 e. The molecule has 2 rings (SSSR count). The Balaban J connectivity index is 2.01. The summed E-state index contributed by atoms with van der Waals surface area (Å²) in [5.74, 6) is 0.993. The number of benzene rings is 1. The SMILES string of the molecule is COc1cc(C)ccc1C(C)NC1CCN(C)CC1. The fraction of sp³-hybridized carbons (Fsp3) is 0.625. The lowest BCUT2D eigenvalue weighted by atomic mass is 10.0. The molecule has 0 spiro atoms. The molecule has 0 amide bonds. The van der Waals surface area contributed by atoms with E-state index in [0.29, 0.717) is 12.1 Å². The van der Waals surface area contributed by atoms with Crippen molar-refractivity contribution in [2.24, 2.45) is 0 Å². The van der Waals surface area contributed by atoms with Crippen molar-refractivity contribution in [1.82, 2.24) is 10.2 Å². The van der Waals surface area contributed by atoms with Crippen molar-refractivity contribution in [3.8, 4) is 5.75 Å². The van der Waals surface area contributed by atoms with Gasteiger partial charge in [-0.25, -0.2) is 0 Å². The molecule has 0 aromatic heterocycles. The van der Waals surface area contributed by atoms with Gasteiger partial charge in [-0.3, -0.25) is 0 Å². The molecule has 3 nitrogen and oxygen atoms in total. The summed E-state index contributed by atoms with van der Waals surface area (Å²) in [6.45, 7) is 6.71. The quantitative estimate of drug-likeness (QED) is 0.903. The minimum atomic E-state index is 0.337. The molecule has 3 heteroatoms. The van der Waals surface area contributed by atoms with E-state index in [-0.39, 0.29) is 0 Å². The highest BCUT2D eigenvalue weighted by atomic mass is 16.5. The van der Waals surface area contributed by atoms with Gasteiger partial charge in [-0.15, -0.1) is 0 Å². The monoisotopic (exact) mass is 262 g/mol. The van der Waals surface area contributed by atoms with Crippen LogP contribution in [0.3, 0.4) is 0 Å². The van der Waals surface area contributed by atoms with E-state index in [0.717, 1.165) is 5.75 Å². The van der Waals surface area contributed by atoms with Gasteiger partial charge in [-0.05, 0) is 58.5 Å². The third-order valence-electron chi connectivity index (χ3n) is 4.06. The highest BCUT2D eigenvalue weighted by molar-refractivity contribution is 5.39. The number of hydrogen-bond donors (Lipinski definition) is 1. The van der Waals surface area contributed by atoms with Crippen molar-refractivity contribution in [3.05, 3.63) is 29.3 Å². The Labute approximate surface area is 116 Å². The molecule has 1 N–H and O–H groups in total. The Kier molecular flexibility index (Phi) is 4.83. The van der Waals surface area contributed by atoms with E-state index < -0.39 is 0 Å². The zero-order valence-corrected chi connectivity index (χ0v) is 12.6. The van der Waals surface area contributed by atoms with Crippen molar-refractivity contribution in [3.63, 3.8) is 0 Å². The summed E-state index contributed by atoms with van der Waals surface area (Å²) >= 11 is 0. The number of hydrogen-bond acceptors (Lipinski definition) is 3. The van der Waals surface area contributed by atoms with Gasteiger partial charge in [0.15, 0.2) is 0 Å². The van der Waals surface area contributed by atoms with Crippen molar-refractivity contribution in [1.29, 1.82) is 0 Å². The van der Waals surface area contributed by atoms with Gasteiger partial charge in [0, 0.05) is 17.6 Å². The van der Waals surface area contributed by atoms with Crippen LogP contribution in [0.1, 0.15) is 36.9 Å². The highest BCUT2D eigenvalue weighted by Gasteiger charge is 2.20. The Morgan fingerprint density at radius 2 is 2.00 bits per heavy atom. The van der Waals surface area contributed by atoms with E-state index >= 15 is 0 Å². The molecule has 0 bridgehead atoms. The smallest absolute Gasteiger partial charge is 0.123 e. The number of methoxy groups -OCH3 is 1. The predicted molar refractivity (Wildman–Crippen MR) is 79.8 cm³/mol. The van der Waals surface area contributed by atoms with Crippen LogP contribution in [0.4, 0.5) is 0 Å². The molecule has 19 heavy (non-hydrogen) atoms. The van der Waals surface area contributed by atoms with Gasteiger partial charge >= 0.3 is 0 Å². The van der Waals surface area contributed by atoms with Crippen LogP contribution in [0.15, 0.2) is 18.2 Å². The van der Waals surface area contributed by atoms with Crippen LogP contribution in [-0.2, 0) is 0 Å². The number of piperidine rings is 1. The molecule has 1 atom stereocenters. The van der Waals surface area contributed by atoms with Gasteiger partial charge in [-0.2, -0.15) is 0 Å². The largest absolute Gasteiger partial charge is 0.496 e. The van der Waals surface area contributed by atoms with Gasteiger partial charge in [0.25, 0.3) is 0 Å². The van der Waals surface area contributed by atoms with Crippen LogP contribution >= 0.6 is 0 Å². The van der Waals surface area contributed by atoms with Gasteiger partial charge in [0.1, 0.15) is 5.75 Å². The number of ether oxygens (including phenoxy) is 1. The number of nitrogens with zero attached hydrogens (tertiary/aromatic N) is 1. The Morgan fingerprint density at radius 3 is 2.63 bits per heavy atom. The van der Waals surface area contributed by atoms with Crippen LogP contribution in [0.2, 0.25) is 0 Å². The summed E-state index contributed by atoms with van der Waals surface area (Å²) in [6, 6.07) is 7.41. The first kappa shape index (κ1) is 14.4. The molecule has 1 aliphatic rings. The number of nitrogens with one attached hydrogen (secondary N) is 1. The Morgan fingerprint density at radius 1 is 1.32 bits per heavy atom. The maximum atomic E-state index is 5.51. The van der Waals surface area contributed by atoms with E-state index in [1.54, 1.807) is 7.11 Å². The first-order chi connectivity index (χ1) is 9.10. The van der Waals surface area contributed by atoms with E-state index in [9.17, 15) is 0 Å². The van der Waals surface area contributed by atoms with Crippen molar-refractivity contribution < 1.29 is 4.74 Å². The standard InChI is InChI=1S/C16H26N2O/c1-12-5-6-15(16(11-12)19-4)13(2)17-14-7-9-18(3)10-8-14/h5-6,11,13-14,17H,7-10H2,1-4H3. The lowest BCUT2D eigenvalue weighted by Crippen LogP contribution is -2.41. The normalized spacial score (nSPS) is 19.4. The maximum absolute atomic E-state index is 5.51. The fourth-order valence-electron chi connectivity index (χ4n) is 2.79. The van der Waals surface area contributed by atoms with Crippen LogP contribution < -0.4 is 10.1 Å². The topological polar surface area (TPSA) is 24.5 Å². The average molecular weight is 262 g/mol. The number of aryl methyl sites for hydroxylation is 1. The molecule has 1 aliphatic heterocycles. The molecular weight excluding hydrogens is 236 g/mol. The van der Waals surface area contributed by atoms with Gasteiger partial charge < -0.3 is 15.0 Å². The summed E-state index contributed by atoms with van der Waals surface area (Å²) in [5.41, 5.74) is 2.50. The van der Waals surface area contributed by atoms with Crippen LogP contribution in [-0.4, -0.2) is 38.2 Å². The zero-order valence-electron chi connectivity index (χ0n) is 12.6. The molecule has 1 saturated heterocycles. The molecule has 106 valence electrons. The Hall–Kier alpha value is -1.06. The lowest BCUT2D eigenvalue weighted by molar-refractivity contribution is 0.226. The summed E-state index contributed by atoms with van der Waals surface area (Å²) < 4.78 is 5.51. The second-order valence-corrected chi connectivity index (χ2v) is 5.71. The summed E-state index contributed by atoms with van der Waals surface area (Å²) in [4.78, 5) is 2.40. The summed E-state index contributed by atoms with van der Waals surface area (Å²) in [5, 5.41) is 3.74. The van der Waals surface area contributed by atoms with Crippen molar-refractivity contribution in [2.75, 3.05) is 27.2 Å². The van der Waals surface area contributed by atoms with E-state index in [1.807, 2.05) is 0 Å². The predicted octanol–water partition coefficient (Wildman–Crippen LogP) is 2.75. The second-order valence-electron chi connectivity index (χ2n) is 5.71. The van der Waals surface area contributed by atoms with Crippen molar-refractivity contribution >= 4 is 0 Å². The molecule has 1 heterocycles. The second kappa shape index (κ2) is 6.40. The molecule has 1 aromatic rings. The summed E-state index contributed by atoms with van der Waals surface area (Å²) in [7, 11) is 3.95. The van der Waals surface area contributed by atoms with E-state index in [1.165, 1.54) is 37.1 Å². The molecule has 1 unspecified atom stereocenters. The van der Waals surface area contributed by atoms with Gasteiger partial charge in [0.05, 0.1) is 7.11 Å². The highest BCUT2D eigenvalue weighted by Crippen LogP contribution is 2.27. The lowest BCUT2D eigenvalue weighted by Gasteiger charge is -2.32. The number of rotatable bonds is 4. The van der Waals surface area contributed by atoms with Gasteiger partial charge in [-0.1, -0.05) is 12.1 Å². The molecule has 0 radical (unpaired) electrons. The first-order valence-corrected chi connectivity index (χ1v) is 7.19. The third-order valence-corrected chi connectivity index (χ3v) is 4.06. The van der Waals surface area contributed by atoms with Crippen molar-refractivity contribution in [2.45, 2.75) is 38.8 Å². The average Bonchev–Trinajstić information content (AvgIpc) is 2.41. The maximum Gasteiger partial charge on any atom is 0.123 e. The van der Waals surface area contributed by atoms with Crippen LogP contribution in [0.25, 0.3) is 0 Å². The minimum absolute atomic E-state index is 0.337. The molecule has 1 aromatic carbocycles. The van der Waals surface area contributed by atoms with E-state index in [4.69, 9.17) is 4.74 Å². The third kappa shape index (κ3) is 3.71. The molecule has 0 saturated carbocycles. The fourth-order valence-corrected chi connectivity index (χ4v) is 2.79. The molecule has 0 aliphatic carbocycles. The Bertz CT molecular complexity index is 411. The van der Waals surface area contributed by atoms with Crippen LogP contribution in [0.5, 0.6) is 5.75 Å². The molecular formula is C16H26N2O. The first-order valence-electron chi connectivity index (χ1n) is 7.19. The zero-order chi connectivity index (χ0) is 13.8. The van der Waals surface area contributed by atoms with Gasteiger partial charge in [0.2, 0.25) is 0 Å². The molecule has 1 fully saturated rings. The van der Waals surface area contributed by atoms with Crippen LogP contribution in [0, 0.1) is 6.92 Å². The number of likely N-dealkylation sites (tertiary alicyclic amines) is 1. The summed E-state index contributed by atoms with van der Waals surface area (Å²) in [6.07, 6.45) is 2.46. The van der Waals surface area contributed by atoms with E-state index in [2.05, 4.69) is 49.3 Å².